The van der Waals surface area contributed by atoms with Crippen molar-refractivity contribution in [3.8, 4) is 0 Å². The first-order chi connectivity index (χ1) is 12.1. The summed E-state index contributed by atoms with van der Waals surface area (Å²) in [7, 11) is 1.97. The summed E-state index contributed by atoms with van der Waals surface area (Å²) in [5, 5.41) is 3.22. The van der Waals surface area contributed by atoms with E-state index in [0.717, 1.165) is 43.6 Å². The summed E-state index contributed by atoms with van der Waals surface area (Å²) in [6.45, 7) is 4.20. The van der Waals surface area contributed by atoms with Crippen LogP contribution in [0.25, 0.3) is 6.08 Å². The van der Waals surface area contributed by atoms with Crippen molar-refractivity contribution in [2.45, 2.75) is 32.2 Å². The minimum Gasteiger partial charge on any atom is -0.343 e. The van der Waals surface area contributed by atoms with E-state index in [9.17, 15) is 9.59 Å². The predicted molar refractivity (Wildman–Crippen MR) is 106 cm³/mol. The number of benzene rings is 1. The molecule has 1 aromatic carbocycles. The normalized spacial score (nSPS) is 19.7. The van der Waals surface area contributed by atoms with E-state index < -0.39 is 0 Å². The van der Waals surface area contributed by atoms with Gasteiger partial charge in [-0.15, -0.1) is 12.4 Å². The Morgan fingerprint density at radius 2 is 1.88 bits per heavy atom. The quantitative estimate of drug-likeness (QED) is 0.877. The molecular weight excluding hydrogens is 350 g/mol. The van der Waals surface area contributed by atoms with Gasteiger partial charge in [0.25, 0.3) is 0 Å². The van der Waals surface area contributed by atoms with Gasteiger partial charge in [0.05, 0.1) is 12.5 Å². The summed E-state index contributed by atoms with van der Waals surface area (Å²) in [5.41, 5.74) is 2.14. The number of fused-ring (bicyclic) bond motifs is 1. The minimum absolute atomic E-state index is 0. The lowest BCUT2D eigenvalue weighted by atomic mass is 9.92. The van der Waals surface area contributed by atoms with E-state index in [2.05, 4.69) is 5.32 Å². The van der Waals surface area contributed by atoms with Gasteiger partial charge in [0.1, 0.15) is 0 Å². The number of amides is 2. The number of carbonyl (C=O) groups excluding carboxylic acids is 2. The molecule has 3 rings (SSSR count). The fourth-order valence-electron chi connectivity index (χ4n) is 3.88. The summed E-state index contributed by atoms with van der Waals surface area (Å²) in [6.07, 6.45) is 6.19. The highest BCUT2D eigenvalue weighted by atomic mass is 35.5. The average molecular weight is 378 g/mol. The molecule has 2 amide bonds. The second kappa shape index (κ2) is 9.19. The summed E-state index contributed by atoms with van der Waals surface area (Å²) in [6, 6.07) is 7.80. The molecule has 1 N–H and O–H groups in total. The molecule has 142 valence electrons. The van der Waals surface area contributed by atoms with E-state index in [0.29, 0.717) is 12.3 Å². The number of nitrogens with zero attached hydrogens (tertiary/aromatic N) is 2. The van der Waals surface area contributed by atoms with Crippen LogP contribution in [0.1, 0.15) is 43.4 Å². The molecule has 0 saturated carbocycles. The van der Waals surface area contributed by atoms with E-state index >= 15 is 0 Å². The summed E-state index contributed by atoms with van der Waals surface area (Å²) >= 11 is 0. The summed E-state index contributed by atoms with van der Waals surface area (Å²) in [4.78, 5) is 28.5. The Bertz CT molecular complexity index is 669. The smallest absolute Gasteiger partial charge is 0.225 e. The highest BCUT2D eigenvalue weighted by Gasteiger charge is 2.31. The predicted octanol–water partition coefficient (Wildman–Crippen LogP) is 2.83. The van der Waals surface area contributed by atoms with Gasteiger partial charge < -0.3 is 15.1 Å². The van der Waals surface area contributed by atoms with Crippen molar-refractivity contribution < 1.29 is 9.59 Å². The largest absolute Gasteiger partial charge is 0.343 e. The molecule has 0 radical (unpaired) electrons. The number of carbonyl (C=O) groups is 2. The van der Waals surface area contributed by atoms with E-state index in [1.807, 2.05) is 48.5 Å². The lowest BCUT2D eigenvalue weighted by Gasteiger charge is -2.36. The molecule has 1 atom stereocenters. The van der Waals surface area contributed by atoms with Gasteiger partial charge in [-0.3, -0.25) is 9.59 Å². The minimum atomic E-state index is -0.207. The van der Waals surface area contributed by atoms with Crippen LogP contribution in [0, 0.1) is 5.92 Å². The van der Waals surface area contributed by atoms with Crippen molar-refractivity contribution in [1.29, 1.82) is 0 Å². The molecule has 0 aromatic heterocycles. The SMILES string of the molecule is CNCC1CCN(C(=O)CC2c3ccccc3C=CN2C(C)=O)CC1.Cl. The zero-order valence-corrected chi connectivity index (χ0v) is 16.3. The van der Waals surface area contributed by atoms with Crippen LogP contribution in [-0.2, 0) is 9.59 Å². The number of piperidine rings is 1. The van der Waals surface area contributed by atoms with Crippen LogP contribution in [0.3, 0.4) is 0 Å². The lowest BCUT2D eigenvalue weighted by Crippen LogP contribution is -2.42. The molecule has 1 fully saturated rings. The van der Waals surface area contributed by atoms with E-state index in [-0.39, 0.29) is 30.3 Å². The first kappa shape index (κ1) is 20.5. The van der Waals surface area contributed by atoms with Gasteiger partial charge in [-0.05, 0) is 49.6 Å². The maximum atomic E-state index is 12.9. The van der Waals surface area contributed by atoms with Gasteiger partial charge >= 0.3 is 0 Å². The summed E-state index contributed by atoms with van der Waals surface area (Å²) in [5.74, 6) is 0.765. The van der Waals surface area contributed by atoms with Crippen molar-refractivity contribution in [3.63, 3.8) is 0 Å². The molecule has 2 aliphatic heterocycles. The van der Waals surface area contributed by atoms with Crippen LogP contribution < -0.4 is 5.32 Å². The van der Waals surface area contributed by atoms with Gasteiger partial charge in [-0.2, -0.15) is 0 Å². The van der Waals surface area contributed by atoms with E-state index in [1.165, 1.54) is 0 Å². The fourth-order valence-corrected chi connectivity index (χ4v) is 3.88. The molecule has 2 aliphatic rings. The van der Waals surface area contributed by atoms with Gasteiger partial charge in [0, 0.05) is 26.2 Å². The zero-order chi connectivity index (χ0) is 17.8. The molecule has 1 unspecified atom stereocenters. The Kier molecular flexibility index (Phi) is 7.23. The van der Waals surface area contributed by atoms with Crippen LogP contribution in [0.15, 0.2) is 30.5 Å². The number of hydrogen-bond acceptors (Lipinski definition) is 3. The standard InChI is InChI=1S/C20H27N3O2.ClH/c1-15(24)23-12-9-17-5-3-4-6-18(17)19(23)13-20(25)22-10-7-16(8-11-22)14-21-2;/h3-6,9,12,16,19,21H,7-8,10-11,13-14H2,1-2H3;1H. The first-order valence-corrected chi connectivity index (χ1v) is 9.08. The molecule has 0 spiro atoms. The third-order valence-corrected chi connectivity index (χ3v) is 5.30. The van der Waals surface area contributed by atoms with Gasteiger partial charge in [-0.1, -0.05) is 24.3 Å². The molecule has 5 nitrogen and oxygen atoms in total. The number of rotatable bonds is 4. The molecule has 0 aliphatic carbocycles. The van der Waals surface area contributed by atoms with Crippen molar-refractivity contribution in [3.05, 3.63) is 41.6 Å². The van der Waals surface area contributed by atoms with Crippen molar-refractivity contribution in [2.24, 2.45) is 5.92 Å². The number of likely N-dealkylation sites (tertiary alicyclic amines) is 1. The van der Waals surface area contributed by atoms with Crippen LogP contribution >= 0.6 is 12.4 Å². The topological polar surface area (TPSA) is 52.7 Å². The summed E-state index contributed by atoms with van der Waals surface area (Å²) < 4.78 is 0. The number of hydrogen-bond donors (Lipinski definition) is 1. The first-order valence-electron chi connectivity index (χ1n) is 9.08. The number of halogens is 1. The fraction of sp³-hybridized carbons (Fsp3) is 0.500. The maximum Gasteiger partial charge on any atom is 0.225 e. The van der Waals surface area contributed by atoms with Gasteiger partial charge in [0.15, 0.2) is 0 Å². The molecule has 6 heteroatoms. The zero-order valence-electron chi connectivity index (χ0n) is 15.5. The van der Waals surface area contributed by atoms with Crippen LogP contribution in [-0.4, -0.2) is 48.3 Å². The Hall–Kier alpha value is -1.85. The van der Waals surface area contributed by atoms with E-state index in [4.69, 9.17) is 0 Å². The third-order valence-electron chi connectivity index (χ3n) is 5.30. The van der Waals surface area contributed by atoms with Gasteiger partial charge in [-0.25, -0.2) is 0 Å². The van der Waals surface area contributed by atoms with Gasteiger partial charge in [0.2, 0.25) is 11.8 Å². The monoisotopic (exact) mass is 377 g/mol. The highest BCUT2D eigenvalue weighted by molar-refractivity contribution is 5.85. The Morgan fingerprint density at radius 1 is 1.19 bits per heavy atom. The van der Waals surface area contributed by atoms with Crippen LogP contribution in [0.4, 0.5) is 0 Å². The maximum absolute atomic E-state index is 12.9. The van der Waals surface area contributed by atoms with Crippen molar-refractivity contribution >= 4 is 30.3 Å². The second-order valence-corrected chi connectivity index (χ2v) is 6.97. The average Bonchev–Trinajstić information content (AvgIpc) is 2.62. The molecule has 1 saturated heterocycles. The molecule has 26 heavy (non-hydrogen) atoms. The van der Waals surface area contributed by atoms with Crippen LogP contribution in [0.2, 0.25) is 0 Å². The highest BCUT2D eigenvalue weighted by Crippen LogP contribution is 2.33. The molecule has 1 aromatic rings. The lowest BCUT2D eigenvalue weighted by molar-refractivity contribution is -0.135. The van der Waals surface area contributed by atoms with Crippen molar-refractivity contribution in [2.75, 3.05) is 26.7 Å². The van der Waals surface area contributed by atoms with Crippen molar-refractivity contribution in [1.82, 2.24) is 15.1 Å². The third kappa shape index (κ3) is 4.46. The Morgan fingerprint density at radius 3 is 2.54 bits per heavy atom. The number of nitrogens with one attached hydrogen (secondary N) is 1. The second-order valence-electron chi connectivity index (χ2n) is 6.97. The van der Waals surface area contributed by atoms with Crippen LogP contribution in [0.5, 0.6) is 0 Å². The molecular formula is C20H28ClN3O2. The molecule has 0 bridgehead atoms. The Balaban J connectivity index is 0.00000243. The Labute approximate surface area is 161 Å². The molecule has 2 heterocycles. The van der Waals surface area contributed by atoms with E-state index in [1.54, 1.807) is 11.8 Å².